The van der Waals surface area contributed by atoms with Crippen LogP contribution in [-0.2, 0) is 0 Å². The molecule has 17 heavy (non-hydrogen) atoms. The van der Waals surface area contributed by atoms with E-state index in [0.717, 1.165) is 6.07 Å². The van der Waals surface area contributed by atoms with E-state index in [1.807, 2.05) is 0 Å². The molecule has 0 saturated carbocycles. The number of halogens is 4. The molecule has 0 spiro atoms. The molecule has 0 aliphatic heterocycles. The highest BCUT2D eigenvalue weighted by molar-refractivity contribution is 6.31. The molecule has 1 atom stereocenters. The summed E-state index contributed by atoms with van der Waals surface area (Å²) in [6.45, 7) is 0. The number of aliphatic hydroxyl groups is 1. The Labute approximate surface area is 100 Å². The topological polar surface area (TPSA) is 20.2 Å². The van der Waals surface area contributed by atoms with E-state index in [-0.39, 0.29) is 10.6 Å². The van der Waals surface area contributed by atoms with Crippen LogP contribution >= 0.6 is 11.6 Å². The van der Waals surface area contributed by atoms with E-state index in [4.69, 9.17) is 11.6 Å². The van der Waals surface area contributed by atoms with Gasteiger partial charge in [0.15, 0.2) is 6.10 Å². The molecule has 2 aromatic carbocycles. The molecule has 1 nitrogen and oxygen atoms in total. The molecule has 0 heterocycles. The molecule has 0 saturated heterocycles. The van der Waals surface area contributed by atoms with Crippen molar-refractivity contribution in [3.63, 3.8) is 0 Å². The van der Waals surface area contributed by atoms with Crippen molar-refractivity contribution in [1.29, 1.82) is 0 Å². The Kier molecular flexibility index (Phi) is 3.02. The van der Waals surface area contributed by atoms with Crippen LogP contribution in [-0.4, -0.2) is 11.3 Å². The lowest BCUT2D eigenvalue weighted by Gasteiger charge is -2.17. The predicted octanol–water partition coefficient (Wildman–Crippen LogP) is 4.09. The van der Waals surface area contributed by atoms with Crippen molar-refractivity contribution in [2.24, 2.45) is 0 Å². The fourth-order valence-corrected chi connectivity index (χ4v) is 1.94. The monoisotopic (exact) mass is 260 g/mol. The van der Waals surface area contributed by atoms with E-state index in [1.54, 1.807) is 24.3 Å². The minimum atomic E-state index is -4.70. The first-order valence-electron chi connectivity index (χ1n) is 4.82. The van der Waals surface area contributed by atoms with E-state index in [2.05, 4.69) is 0 Å². The second-order valence-electron chi connectivity index (χ2n) is 3.66. The Hall–Kier alpha value is -1.26. The van der Waals surface area contributed by atoms with Crippen LogP contribution < -0.4 is 0 Å². The maximum Gasteiger partial charge on any atom is 0.418 e. The van der Waals surface area contributed by atoms with E-state index in [1.165, 1.54) is 6.07 Å². The first kappa shape index (κ1) is 12.2. The third kappa shape index (κ3) is 2.37. The molecule has 5 heteroatoms. The van der Waals surface area contributed by atoms with Crippen LogP contribution in [0.2, 0.25) is 5.02 Å². The molecule has 0 fully saturated rings. The summed E-state index contributed by atoms with van der Waals surface area (Å²) in [6.07, 6.45) is -7.22. The quantitative estimate of drug-likeness (QED) is 0.819. The summed E-state index contributed by atoms with van der Waals surface area (Å²) in [4.78, 5) is 0. The van der Waals surface area contributed by atoms with Gasteiger partial charge in [-0.15, -0.1) is 0 Å². The van der Waals surface area contributed by atoms with Crippen molar-refractivity contribution in [1.82, 2.24) is 0 Å². The third-order valence-electron chi connectivity index (χ3n) is 2.46. The third-order valence-corrected chi connectivity index (χ3v) is 2.68. The average molecular weight is 261 g/mol. The molecule has 1 unspecified atom stereocenters. The van der Waals surface area contributed by atoms with Gasteiger partial charge in [-0.25, -0.2) is 0 Å². The van der Waals surface area contributed by atoms with Gasteiger partial charge in [0.25, 0.3) is 0 Å². The molecule has 0 bridgehead atoms. The molecular formula is C12H8ClF3O. The van der Waals surface area contributed by atoms with E-state index in [9.17, 15) is 18.3 Å². The van der Waals surface area contributed by atoms with Crippen molar-refractivity contribution in [3.05, 3.63) is 47.0 Å². The highest BCUT2D eigenvalue weighted by atomic mass is 35.5. The van der Waals surface area contributed by atoms with Gasteiger partial charge < -0.3 is 5.11 Å². The molecule has 2 rings (SSSR count). The van der Waals surface area contributed by atoms with E-state index >= 15 is 0 Å². The SMILES string of the molecule is OC(c1cc(Cl)cc2ccccc12)C(F)(F)F. The normalized spacial score (nSPS) is 13.9. The highest BCUT2D eigenvalue weighted by Crippen LogP contribution is 2.37. The number of rotatable bonds is 1. The Balaban J connectivity index is 2.68. The molecule has 90 valence electrons. The fourth-order valence-electron chi connectivity index (χ4n) is 1.70. The minimum absolute atomic E-state index is 0.169. The molecular weight excluding hydrogens is 253 g/mol. The van der Waals surface area contributed by atoms with Gasteiger partial charge >= 0.3 is 6.18 Å². The predicted molar refractivity (Wildman–Crippen MR) is 60.0 cm³/mol. The van der Waals surface area contributed by atoms with E-state index < -0.39 is 12.3 Å². The summed E-state index contributed by atoms with van der Waals surface area (Å²) in [5, 5.41) is 10.4. The summed E-state index contributed by atoms with van der Waals surface area (Å²) in [7, 11) is 0. The summed E-state index contributed by atoms with van der Waals surface area (Å²) in [5.41, 5.74) is -0.222. The Morgan fingerprint density at radius 1 is 1.12 bits per heavy atom. The molecule has 0 aliphatic carbocycles. The lowest BCUT2D eigenvalue weighted by molar-refractivity contribution is -0.206. The molecule has 0 amide bonds. The average Bonchev–Trinajstić information content (AvgIpc) is 2.25. The van der Waals surface area contributed by atoms with Crippen LogP contribution in [0.1, 0.15) is 11.7 Å². The number of hydrogen-bond donors (Lipinski definition) is 1. The standard InChI is InChI=1S/C12H8ClF3O/c13-8-5-7-3-1-2-4-9(7)10(6-8)11(17)12(14,15)16/h1-6,11,17H. The van der Waals surface area contributed by atoms with Gasteiger partial charge in [0.05, 0.1) is 0 Å². The van der Waals surface area contributed by atoms with E-state index in [0.29, 0.717) is 10.8 Å². The van der Waals surface area contributed by atoms with Gasteiger partial charge in [0.2, 0.25) is 0 Å². The van der Waals surface area contributed by atoms with Crippen molar-refractivity contribution in [2.75, 3.05) is 0 Å². The van der Waals surface area contributed by atoms with Crippen molar-refractivity contribution < 1.29 is 18.3 Å². The van der Waals surface area contributed by atoms with Gasteiger partial charge in [-0.3, -0.25) is 0 Å². The van der Waals surface area contributed by atoms with Crippen molar-refractivity contribution in [2.45, 2.75) is 12.3 Å². The summed E-state index contributed by atoms with van der Waals surface area (Å²) in [5.74, 6) is 0. The van der Waals surface area contributed by atoms with Crippen LogP contribution in [0.25, 0.3) is 10.8 Å². The summed E-state index contributed by atoms with van der Waals surface area (Å²) in [6, 6.07) is 9.18. The van der Waals surface area contributed by atoms with Crippen molar-refractivity contribution in [3.8, 4) is 0 Å². The van der Waals surface area contributed by atoms with Gasteiger partial charge in [0, 0.05) is 5.02 Å². The first-order chi connectivity index (χ1) is 7.89. The maximum atomic E-state index is 12.5. The maximum absolute atomic E-state index is 12.5. The number of hydrogen-bond acceptors (Lipinski definition) is 1. The Morgan fingerprint density at radius 3 is 2.41 bits per heavy atom. The number of aliphatic hydroxyl groups excluding tert-OH is 1. The zero-order valence-corrected chi connectivity index (χ0v) is 9.26. The Bertz CT molecular complexity index is 551. The number of benzene rings is 2. The largest absolute Gasteiger partial charge is 0.418 e. The lowest BCUT2D eigenvalue weighted by atomic mass is 10.00. The van der Waals surface area contributed by atoms with Crippen LogP contribution in [0.5, 0.6) is 0 Å². The van der Waals surface area contributed by atoms with Gasteiger partial charge in [-0.1, -0.05) is 35.9 Å². The number of fused-ring (bicyclic) bond motifs is 1. The lowest BCUT2D eigenvalue weighted by Crippen LogP contribution is -2.20. The molecule has 0 aromatic heterocycles. The molecule has 2 aromatic rings. The zero-order chi connectivity index (χ0) is 12.6. The number of alkyl halides is 3. The molecule has 1 N–H and O–H groups in total. The fraction of sp³-hybridized carbons (Fsp3) is 0.167. The summed E-state index contributed by atoms with van der Waals surface area (Å²) >= 11 is 5.74. The molecule has 0 aliphatic rings. The molecule has 0 radical (unpaired) electrons. The Morgan fingerprint density at radius 2 is 1.76 bits per heavy atom. The second-order valence-corrected chi connectivity index (χ2v) is 4.10. The van der Waals surface area contributed by atoms with Crippen LogP contribution in [0.15, 0.2) is 36.4 Å². The van der Waals surface area contributed by atoms with Crippen LogP contribution in [0.4, 0.5) is 13.2 Å². The second kappa shape index (κ2) is 4.20. The van der Waals surface area contributed by atoms with Crippen LogP contribution in [0.3, 0.4) is 0 Å². The van der Waals surface area contributed by atoms with Gasteiger partial charge in [-0.05, 0) is 28.5 Å². The van der Waals surface area contributed by atoms with Gasteiger partial charge in [0.1, 0.15) is 0 Å². The summed E-state index contributed by atoms with van der Waals surface area (Å²) < 4.78 is 37.5. The van der Waals surface area contributed by atoms with Crippen molar-refractivity contribution >= 4 is 22.4 Å². The minimum Gasteiger partial charge on any atom is -0.379 e. The van der Waals surface area contributed by atoms with Gasteiger partial charge in [-0.2, -0.15) is 13.2 Å². The highest BCUT2D eigenvalue weighted by Gasteiger charge is 2.40. The first-order valence-corrected chi connectivity index (χ1v) is 5.20. The van der Waals surface area contributed by atoms with Crippen LogP contribution in [0, 0.1) is 0 Å². The smallest absolute Gasteiger partial charge is 0.379 e. The zero-order valence-electron chi connectivity index (χ0n) is 8.50.